The number of alkyl halides is 2. The maximum absolute atomic E-state index is 13.9. The van der Waals surface area contributed by atoms with Crippen molar-refractivity contribution in [2.24, 2.45) is 5.41 Å². The van der Waals surface area contributed by atoms with Gasteiger partial charge in [-0.1, -0.05) is 25.9 Å². The molecule has 0 spiro atoms. The second-order valence-corrected chi connectivity index (χ2v) is 11.1. The van der Waals surface area contributed by atoms with Crippen LogP contribution in [-0.2, 0) is 0 Å². The average molecular weight is 517 g/mol. The number of imidazole rings is 1. The molecule has 2 aliphatic rings. The van der Waals surface area contributed by atoms with Crippen LogP contribution in [0.4, 0.5) is 13.6 Å². The number of aromatic nitrogens is 5. The van der Waals surface area contributed by atoms with Gasteiger partial charge in [-0.15, -0.1) is 0 Å². The predicted molar refractivity (Wildman–Crippen MR) is 127 cm³/mol. The van der Waals surface area contributed by atoms with Crippen molar-refractivity contribution in [3.63, 3.8) is 0 Å². The molecule has 13 heteroatoms. The highest BCUT2D eigenvalue weighted by Gasteiger charge is 2.41. The number of nitrogens with one attached hydrogen (secondary N) is 2. The molecular weight excluding hydrogens is 486 g/mol. The second kappa shape index (κ2) is 9.03. The molecule has 4 heterocycles. The van der Waals surface area contributed by atoms with E-state index in [0.29, 0.717) is 29.0 Å². The Kier molecular flexibility index (Phi) is 6.11. The van der Waals surface area contributed by atoms with E-state index in [1.165, 1.54) is 6.20 Å². The first-order valence-corrected chi connectivity index (χ1v) is 12.3. The van der Waals surface area contributed by atoms with Crippen LogP contribution in [0.5, 0.6) is 0 Å². The van der Waals surface area contributed by atoms with Gasteiger partial charge in [0.25, 0.3) is 11.8 Å². The zero-order valence-electron chi connectivity index (χ0n) is 21.2. The van der Waals surface area contributed by atoms with Gasteiger partial charge in [-0.05, 0) is 48.4 Å². The SMILES string of the molecule is C[C@H](c1cnn2cc([C@H](CC(C)(C)C)NC(=O)c3nonc3C3CC3)nc2c1)N1CC(F)(F)CNC1=O. The van der Waals surface area contributed by atoms with E-state index in [9.17, 15) is 18.4 Å². The van der Waals surface area contributed by atoms with Gasteiger partial charge < -0.3 is 15.5 Å². The van der Waals surface area contributed by atoms with Crippen LogP contribution in [0, 0.1) is 5.41 Å². The van der Waals surface area contributed by atoms with Gasteiger partial charge in [0.05, 0.1) is 43.3 Å². The third-order valence-corrected chi connectivity index (χ3v) is 6.64. The van der Waals surface area contributed by atoms with E-state index in [0.717, 1.165) is 17.7 Å². The average Bonchev–Trinajstić information content (AvgIpc) is 3.38. The summed E-state index contributed by atoms with van der Waals surface area (Å²) in [5.41, 5.74) is 2.25. The van der Waals surface area contributed by atoms with Crippen LogP contribution >= 0.6 is 0 Å². The summed E-state index contributed by atoms with van der Waals surface area (Å²) in [4.78, 5) is 31.1. The summed E-state index contributed by atoms with van der Waals surface area (Å²) in [6, 6.07) is 0.0622. The Hall–Kier alpha value is -3.64. The Labute approximate surface area is 211 Å². The van der Waals surface area contributed by atoms with E-state index in [-0.39, 0.29) is 22.9 Å². The summed E-state index contributed by atoms with van der Waals surface area (Å²) < 4.78 is 34.3. The quantitative estimate of drug-likeness (QED) is 0.490. The summed E-state index contributed by atoms with van der Waals surface area (Å²) in [5, 5.41) is 17.4. The molecule has 1 aliphatic carbocycles. The Morgan fingerprint density at radius 1 is 1.32 bits per heavy atom. The van der Waals surface area contributed by atoms with Crippen molar-refractivity contribution in [2.45, 2.75) is 70.9 Å². The number of halogens is 2. The fourth-order valence-electron chi connectivity index (χ4n) is 4.53. The number of urea groups is 1. The fourth-order valence-corrected chi connectivity index (χ4v) is 4.53. The van der Waals surface area contributed by atoms with Crippen molar-refractivity contribution in [3.8, 4) is 0 Å². The lowest BCUT2D eigenvalue weighted by Crippen LogP contribution is -2.57. The molecule has 5 rings (SSSR count). The summed E-state index contributed by atoms with van der Waals surface area (Å²) >= 11 is 0. The fraction of sp³-hybridized carbons (Fsp3) is 0.583. The maximum Gasteiger partial charge on any atom is 0.318 e. The first-order chi connectivity index (χ1) is 17.4. The number of hydrogen-bond acceptors (Lipinski definition) is 7. The lowest BCUT2D eigenvalue weighted by atomic mass is 9.87. The zero-order chi connectivity index (χ0) is 26.5. The third kappa shape index (κ3) is 5.39. The topological polar surface area (TPSA) is 131 Å². The van der Waals surface area contributed by atoms with Crippen LogP contribution in [0.2, 0.25) is 0 Å². The molecule has 2 N–H and O–H groups in total. The first kappa shape index (κ1) is 25.0. The highest BCUT2D eigenvalue weighted by Crippen LogP contribution is 2.40. The second-order valence-electron chi connectivity index (χ2n) is 11.1. The predicted octanol–water partition coefficient (Wildman–Crippen LogP) is 3.62. The van der Waals surface area contributed by atoms with Crippen molar-refractivity contribution in [2.75, 3.05) is 13.1 Å². The van der Waals surface area contributed by atoms with E-state index < -0.39 is 37.1 Å². The molecule has 2 atom stereocenters. The zero-order valence-corrected chi connectivity index (χ0v) is 21.2. The monoisotopic (exact) mass is 516 g/mol. The van der Waals surface area contributed by atoms with E-state index in [2.05, 4.69) is 46.8 Å². The van der Waals surface area contributed by atoms with Crippen molar-refractivity contribution >= 4 is 17.6 Å². The van der Waals surface area contributed by atoms with Gasteiger partial charge in [0.2, 0.25) is 0 Å². The Morgan fingerprint density at radius 2 is 2.08 bits per heavy atom. The number of amides is 3. The number of nitrogens with zero attached hydrogens (tertiary/aromatic N) is 6. The molecule has 1 saturated carbocycles. The van der Waals surface area contributed by atoms with Crippen molar-refractivity contribution < 1.29 is 23.0 Å². The first-order valence-electron chi connectivity index (χ1n) is 12.3. The van der Waals surface area contributed by atoms with Crippen LogP contribution in [0.1, 0.15) is 92.4 Å². The molecule has 0 aromatic carbocycles. The summed E-state index contributed by atoms with van der Waals surface area (Å²) in [6.07, 6.45) is 5.75. The lowest BCUT2D eigenvalue weighted by Gasteiger charge is -2.36. The maximum atomic E-state index is 13.9. The lowest BCUT2D eigenvalue weighted by molar-refractivity contribution is -0.0428. The smallest absolute Gasteiger partial charge is 0.318 e. The summed E-state index contributed by atoms with van der Waals surface area (Å²) in [5.74, 6) is -3.19. The van der Waals surface area contributed by atoms with E-state index in [4.69, 9.17) is 9.61 Å². The van der Waals surface area contributed by atoms with Crippen molar-refractivity contribution in [1.82, 2.24) is 40.4 Å². The molecule has 3 aromatic heterocycles. The standard InChI is InChI=1S/C24H30F2N8O3/c1-13(33-12-24(25,26)11-27-22(33)36)15-7-18-29-17(10-34(18)28-9-15)16(8-23(2,3)4)30-21(35)20-19(14-5-6-14)31-37-32-20/h7,9-10,13-14,16H,5-6,8,11-12H2,1-4H3,(H,27,36)(H,30,35)/t13-,16+/m1/s1. The third-order valence-electron chi connectivity index (χ3n) is 6.64. The molecule has 3 aromatic rings. The van der Waals surface area contributed by atoms with Gasteiger partial charge in [0.15, 0.2) is 11.3 Å². The minimum absolute atomic E-state index is 0.144. The molecule has 3 amide bonds. The Bertz CT molecular complexity index is 1330. The van der Waals surface area contributed by atoms with Gasteiger partial charge in [0, 0.05) is 5.92 Å². The summed E-state index contributed by atoms with van der Waals surface area (Å²) in [6.45, 7) is 6.50. The van der Waals surface area contributed by atoms with Crippen LogP contribution in [0.3, 0.4) is 0 Å². The van der Waals surface area contributed by atoms with Crippen LogP contribution in [0.25, 0.3) is 5.65 Å². The molecule has 1 aliphatic heterocycles. The van der Waals surface area contributed by atoms with Gasteiger partial charge in [-0.2, -0.15) is 5.10 Å². The van der Waals surface area contributed by atoms with E-state index in [1.807, 2.05) is 0 Å². The number of hydrogen-bond donors (Lipinski definition) is 2. The van der Waals surface area contributed by atoms with Crippen LogP contribution in [0.15, 0.2) is 23.1 Å². The van der Waals surface area contributed by atoms with Crippen LogP contribution < -0.4 is 10.6 Å². The molecule has 0 unspecified atom stereocenters. The minimum Gasteiger partial charge on any atom is -0.342 e. The molecular formula is C24H30F2N8O3. The number of fused-ring (bicyclic) bond motifs is 1. The number of rotatable bonds is 7. The van der Waals surface area contributed by atoms with Gasteiger partial charge >= 0.3 is 6.03 Å². The Balaban J connectivity index is 1.41. The van der Waals surface area contributed by atoms with Crippen LogP contribution in [-0.4, -0.2) is 60.8 Å². The highest BCUT2D eigenvalue weighted by molar-refractivity contribution is 5.93. The largest absolute Gasteiger partial charge is 0.342 e. The van der Waals surface area contributed by atoms with Gasteiger partial charge in [-0.3, -0.25) is 4.79 Å². The number of carbonyl (C=O) groups is 2. The molecule has 198 valence electrons. The normalized spacial score (nSPS) is 19.5. The Morgan fingerprint density at radius 3 is 2.78 bits per heavy atom. The molecule has 0 radical (unpaired) electrons. The van der Waals surface area contributed by atoms with Crippen molar-refractivity contribution in [3.05, 3.63) is 41.1 Å². The minimum atomic E-state index is -3.02. The van der Waals surface area contributed by atoms with E-state index >= 15 is 0 Å². The van der Waals surface area contributed by atoms with E-state index in [1.54, 1.807) is 23.7 Å². The molecule has 2 fully saturated rings. The molecule has 11 nitrogen and oxygen atoms in total. The highest BCUT2D eigenvalue weighted by atomic mass is 19.3. The number of carbonyl (C=O) groups excluding carboxylic acids is 2. The molecule has 1 saturated heterocycles. The van der Waals surface area contributed by atoms with Gasteiger partial charge in [-0.25, -0.2) is 27.7 Å². The van der Waals surface area contributed by atoms with Gasteiger partial charge in [0.1, 0.15) is 5.69 Å². The molecule has 0 bridgehead atoms. The summed E-state index contributed by atoms with van der Waals surface area (Å²) in [7, 11) is 0. The molecule has 37 heavy (non-hydrogen) atoms. The van der Waals surface area contributed by atoms with Crippen molar-refractivity contribution in [1.29, 1.82) is 0 Å².